The Hall–Kier alpha value is -1.66. The van der Waals surface area contributed by atoms with E-state index >= 15 is 0 Å². The number of piperidine rings is 1. The Morgan fingerprint density at radius 1 is 0.794 bits per heavy atom. The van der Waals surface area contributed by atoms with Gasteiger partial charge in [-0.2, -0.15) is 0 Å². The van der Waals surface area contributed by atoms with Gasteiger partial charge in [-0.25, -0.2) is 0 Å². The molecule has 0 aliphatic carbocycles. The van der Waals surface area contributed by atoms with Crippen LogP contribution in [0.2, 0.25) is 16.6 Å². The zero-order chi connectivity index (χ0) is 25.1. The highest BCUT2D eigenvalue weighted by molar-refractivity contribution is 6.78. The summed E-state index contributed by atoms with van der Waals surface area (Å²) in [7, 11) is -2.00. The summed E-state index contributed by atoms with van der Waals surface area (Å²) in [5.74, 6) is 0.914. The summed E-state index contributed by atoms with van der Waals surface area (Å²) < 4.78 is 6.78. The fourth-order valence-electron chi connectivity index (χ4n) is 6.11. The molecule has 0 saturated carbocycles. The molecule has 0 bridgehead atoms. The van der Waals surface area contributed by atoms with Gasteiger partial charge in [-0.15, -0.1) is 0 Å². The summed E-state index contributed by atoms with van der Waals surface area (Å²) in [6.45, 7) is 17.4. The molecule has 0 unspecified atom stereocenters. The first-order valence-corrected chi connectivity index (χ1v) is 15.1. The van der Waals surface area contributed by atoms with E-state index in [0.29, 0.717) is 29.5 Å². The number of aliphatic hydroxyl groups is 2. The quantitative estimate of drug-likeness (QED) is 0.392. The maximum Gasteiger partial charge on any atom is 0.258 e. The molecule has 4 nitrogen and oxygen atoms in total. The van der Waals surface area contributed by atoms with E-state index in [-0.39, 0.29) is 6.04 Å². The normalized spacial score (nSPS) is 18.9. The Bertz CT molecular complexity index is 868. The summed E-state index contributed by atoms with van der Waals surface area (Å²) in [6.07, 6.45) is 0.764. The molecule has 1 fully saturated rings. The average molecular weight is 484 g/mol. The number of nitrogens with zero attached hydrogens (tertiary/aromatic N) is 1. The van der Waals surface area contributed by atoms with Crippen molar-refractivity contribution in [1.29, 1.82) is 0 Å². The molecule has 188 valence electrons. The first-order chi connectivity index (χ1) is 16.0. The minimum Gasteiger partial charge on any atom is -0.543 e. The van der Waals surface area contributed by atoms with Crippen molar-refractivity contribution in [1.82, 2.24) is 4.90 Å². The van der Waals surface area contributed by atoms with Gasteiger partial charge in [0, 0.05) is 19.1 Å². The van der Waals surface area contributed by atoms with Crippen molar-refractivity contribution in [2.24, 2.45) is 0 Å². The maximum absolute atomic E-state index is 11.1. The first-order valence-electron chi connectivity index (χ1n) is 13.0. The smallest absolute Gasteiger partial charge is 0.258 e. The third-order valence-corrected chi connectivity index (χ3v) is 14.2. The zero-order valence-electron chi connectivity index (χ0n) is 22.2. The molecule has 2 aromatic carbocycles. The van der Waals surface area contributed by atoms with Gasteiger partial charge in [0.1, 0.15) is 5.75 Å². The van der Waals surface area contributed by atoms with Gasteiger partial charge in [-0.05, 0) is 59.6 Å². The van der Waals surface area contributed by atoms with Crippen LogP contribution >= 0.6 is 0 Å². The van der Waals surface area contributed by atoms with Crippen molar-refractivity contribution >= 4 is 8.32 Å². The molecule has 2 atom stereocenters. The highest BCUT2D eigenvalue weighted by Gasteiger charge is 2.47. The number of rotatable bonds is 9. The molecular weight excluding hydrogens is 438 g/mol. The lowest BCUT2D eigenvalue weighted by Crippen LogP contribution is -2.50. The number of likely N-dealkylation sites (tertiary alicyclic amines) is 1. The SMILES string of the molecule is CC(C)[Si](Oc1ccc([C@H](O)[C@H](C)N2CCC(O)(c3ccccc3)CC2)cc1)(C(C)C)C(C)C. The highest BCUT2D eigenvalue weighted by atomic mass is 28.4. The van der Waals surface area contributed by atoms with Gasteiger partial charge in [0.25, 0.3) is 8.32 Å². The molecule has 1 aliphatic rings. The van der Waals surface area contributed by atoms with Crippen molar-refractivity contribution in [3.8, 4) is 5.75 Å². The van der Waals surface area contributed by atoms with Gasteiger partial charge in [0.15, 0.2) is 0 Å². The molecule has 0 aromatic heterocycles. The topological polar surface area (TPSA) is 52.9 Å². The van der Waals surface area contributed by atoms with Crippen molar-refractivity contribution in [3.05, 3.63) is 65.7 Å². The van der Waals surface area contributed by atoms with E-state index in [0.717, 1.165) is 30.0 Å². The van der Waals surface area contributed by atoms with Crippen molar-refractivity contribution < 1.29 is 14.6 Å². The van der Waals surface area contributed by atoms with E-state index < -0.39 is 20.0 Å². The summed E-state index contributed by atoms with van der Waals surface area (Å²) in [4.78, 5) is 2.29. The number of aliphatic hydroxyl groups excluding tert-OH is 1. The number of benzene rings is 2. The van der Waals surface area contributed by atoms with Crippen molar-refractivity contribution in [2.45, 2.75) is 95.7 Å². The Balaban J connectivity index is 1.66. The Kier molecular flexibility index (Phi) is 8.67. The second kappa shape index (κ2) is 10.9. The van der Waals surface area contributed by atoms with Crippen LogP contribution in [0.1, 0.15) is 78.5 Å². The van der Waals surface area contributed by atoms with E-state index in [1.54, 1.807) is 0 Å². The lowest BCUT2D eigenvalue weighted by molar-refractivity contribution is -0.0501. The van der Waals surface area contributed by atoms with Crippen LogP contribution in [0.15, 0.2) is 54.6 Å². The Morgan fingerprint density at radius 2 is 1.29 bits per heavy atom. The minimum absolute atomic E-state index is 0.0254. The predicted molar refractivity (Wildman–Crippen MR) is 144 cm³/mol. The Morgan fingerprint density at radius 3 is 1.76 bits per heavy atom. The third kappa shape index (κ3) is 5.43. The first kappa shape index (κ1) is 26.9. The van der Waals surface area contributed by atoms with Gasteiger partial charge in [0.05, 0.1) is 11.7 Å². The van der Waals surface area contributed by atoms with Crippen LogP contribution in [0, 0.1) is 0 Å². The maximum atomic E-state index is 11.1. The second-order valence-corrected chi connectivity index (χ2v) is 16.5. The van der Waals surface area contributed by atoms with E-state index in [9.17, 15) is 10.2 Å². The molecule has 34 heavy (non-hydrogen) atoms. The van der Waals surface area contributed by atoms with Crippen LogP contribution in [0.25, 0.3) is 0 Å². The Labute approximate surface area is 208 Å². The predicted octanol–water partition coefficient (Wildman–Crippen LogP) is 6.65. The van der Waals surface area contributed by atoms with E-state index in [2.05, 4.69) is 53.4 Å². The molecule has 0 spiro atoms. The lowest BCUT2D eigenvalue weighted by Gasteiger charge is -2.42. The standard InChI is InChI=1S/C29H45NO3Si/c1-21(2)34(22(3)4,23(5)6)33-27-15-13-25(14-16-27)28(31)24(7)30-19-17-29(32,18-20-30)26-11-9-8-10-12-26/h8-16,21-24,28,31-32H,17-20H2,1-7H3/t24-,28+/m0/s1. The molecule has 2 N–H and O–H groups in total. The van der Waals surface area contributed by atoms with Gasteiger partial charge in [-0.3, -0.25) is 4.90 Å². The van der Waals surface area contributed by atoms with Crippen LogP contribution in [0.4, 0.5) is 0 Å². The average Bonchev–Trinajstić information content (AvgIpc) is 2.82. The number of hydrogen-bond donors (Lipinski definition) is 2. The molecule has 2 aromatic rings. The van der Waals surface area contributed by atoms with Crippen LogP contribution in [-0.2, 0) is 5.60 Å². The monoisotopic (exact) mass is 483 g/mol. The third-order valence-electron chi connectivity index (χ3n) is 8.19. The van der Waals surface area contributed by atoms with Crippen LogP contribution in [0.5, 0.6) is 5.75 Å². The van der Waals surface area contributed by atoms with Gasteiger partial charge in [-0.1, -0.05) is 84.0 Å². The van der Waals surface area contributed by atoms with Gasteiger partial charge in [0.2, 0.25) is 0 Å². The molecule has 1 aliphatic heterocycles. The van der Waals surface area contributed by atoms with Crippen LogP contribution in [-0.4, -0.2) is 42.6 Å². The fourth-order valence-corrected chi connectivity index (χ4v) is 11.4. The van der Waals surface area contributed by atoms with E-state index in [1.165, 1.54) is 0 Å². The van der Waals surface area contributed by atoms with Crippen LogP contribution in [0.3, 0.4) is 0 Å². The molecule has 0 radical (unpaired) electrons. The molecule has 0 amide bonds. The summed E-state index contributed by atoms with van der Waals surface area (Å²) in [6, 6.07) is 18.0. The van der Waals surface area contributed by atoms with E-state index in [1.807, 2.05) is 54.6 Å². The van der Waals surface area contributed by atoms with Crippen LogP contribution < -0.4 is 4.43 Å². The molecule has 3 rings (SSSR count). The highest BCUT2D eigenvalue weighted by Crippen LogP contribution is 2.43. The number of hydrogen-bond acceptors (Lipinski definition) is 4. The lowest BCUT2D eigenvalue weighted by atomic mass is 9.83. The van der Waals surface area contributed by atoms with Crippen molar-refractivity contribution in [2.75, 3.05) is 13.1 Å². The summed E-state index contributed by atoms with van der Waals surface area (Å²) in [5.41, 5.74) is 2.68. The van der Waals surface area contributed by atoms with Crippen molar-refractivity contribution in [3.63, 3.8) is 0 Å². The minimum atomic E-state index is -2.00. The fraction of sp³-hybridized carbons (Fsp3) is 0.586. The van der Waals surface area contributed by atoms with E-state index in [4.69, 9.17) is 4.43 Å². The molecule has 1 saturated heterocycles. The van der Waals surface area contributed by atoms with Gasteiger partial charge < -0.3 is 14.6 Å². The molecule has 1 heterocycles. The second-order valence-electron chi connectivity index (χ2n) is 11.1. The molecule has 5 heteroatoms. The van der Waals surface area contributed by atoms with Gasteiger partial charge >= 0.3 is 0 Å². The zero-order valence-corrected chi connectivity index (χ0v) is 23.2. The summed E-state index contributed by atoms with van der Waals surface area (Å²) >= 11 is 0. The molecular formula is C29H45NO3Si. The largest absolute Gasteiger partial charge is 0.543 e. The summed E-state index contributed by atoms with van der Waals surface area (Å²) in [5, 5.41) is 22.3.